The lowest BCUT2D eigenvalue weighted by molar-refractivity contribution is 0.112. The zero-order valence-electron chi connectivity index (χ0n) is 10.3. The summed E-state index contributed by atoms with van der Waals surface area (Å²) in [5, 5.41) is 0. The number of aldehydes is 1. The summed E-state index contributed by atoms with van der Waals surface area (Å²) in [4.78, 5) is 10.8. The molecule has 2 heteroatoms. The Kier molecular flexibility index (Phi) is 0.826. The van der Waals surface area contributed by atoms with Crippen LogP contribution in [0.5, 0.6) is 5.75 Å². The predicted octanol–water partition coefficient (Wildman–Crippen LogP) is 1.51. The van der Waals surface area contributed by atoms with Crippen molar-refractivity contribution in [1.82, 2.24) is 0 Å². The third kappa shape index (κ3) is 1.35. The molecule has 52 valence electrons. The van der Waals surface area contributed by atoms with Gasteiger partial charge in [-0.2, -0.15) is 0 Å². The maximum absolute atomic E-state index is 10.8. The van der Waals surface area contributed by atoms with Crippen molar-refractivity contribution >= 4 is 6.26 Å². The summed E-state index contributed by atoms with van der Waals surface area (Å²) < 4.78 is 41.1. The zero-order chi connectivity index (χ0) is 11.7. The fourth-order valence-corrected chi connectivity index (χ4v) is 0.454. The van der Waals surface area contributed by atoms with Gasteiger partial charge in [-0.1, -0.05) is 0 Å². The monoisotopic (exact) mass is 141 g/mol. The Hall–Kier alpha value is -1.31. The quantitative estimate of drug-likeness (QED) is 0.583. The van der Waals surface area contributed by atoms with Gasteiger partial charge >= 0.3 is 0 Å². The maximum Gasteiger partial charge on any atom is 0.150 e. The van der Waals surface area contributed by atoms with Crippen molar-refractivity contribution in [1.29, 1.82) is 0 Å². The molecule has 0 aromatic heterocycles. The number of carbonyl (C=O) groups excluding carboxylic acids is 1. The summed E-state index contributed by atoms with van der Waals surface area (Å²) >= 11 is 0. The van der Waals surface area contributed by atoms with Crippen molar-refractivity contribution in [3.8, 4) is 5.75 Å². The Bertz CT molecular complexity index is 401. The third-order valence-electron chi connectivity index (χ3n) is 0.908. The van der Waals surface area contributed by atoms with Crippen molar-refractivity contribution in [3.05, 3.63) is 29.7 Å². The van der Waals surface area contributed by atoms with Gasteiger partial charge in [0.1, 0.15) is 13.4 Å². The van der Waals surface area contributed by atoms with E-state index in [2.05, 4.69) is 4.74 Å². The lowest BCUT2D eigenvalue weighted by Crippen LogP contribution is -1.82. The molecule has 0 saturated carbocycles. The lowest BCUT2D eigenvalue weighted by Gasteiger charge is -1.96. The second kappa shape index (κ2) is 3.01. The van der Waals surface area contributed by atoms with Crippen LogP contribution >= 0.6 is 0 Å². The fraction of sp³-hybridized carbons (Fsp3) is 0.125. The van der Waals surface area contributed by atoms with Gasteiger partial charge in [-0.15, -0.1) is 0 Å². The highest BCUT2D eigenvalue weighted by molar-refractivity contribution is 5.74. The molecule has 0 saturated heterocycles. The van der Waals surface area contributed by atoms with Crippen LogP contribution < -0.4 is 4.74 Å². The molecule has 0 radical (unpaired) electrons. The summed E-state index contributed by atoms with van der Waals surface area (Å²) in [6, 6.07) is -2.00. The van der Waals surface area contributed by atoms with Crippen molar-refractivity contribution in [2.45, 2.75) is 0 Å². The molecule has 0 aliphatic rings. The van der Waals surface area contributed by atoms with E-state index in [-0.39, 0.29) is 5.75 Å². The molecule has 2 nitrogen and oxygen atoms in total. The van der Waals surface area contributed by atoms with Crippen molar-refractivity contribution in [2.24, 2.45) is 0 Å². The lowest BCUT2D eigenvalue weighted by atomic mass is 10.2. The molecule has 0 amide bonds. The van der Waals surface area contributed by atoms with Crippen LogP contribution in [0.1, 0.15) is 17.2 Å². The summed E-state index contributed by atoms with van der Waals surface area (Å²) in [5.74, 6) is -0.227. The Balaban J connectivity index is 3.66. The number of benzene rings is 1. The number of rotatable bonds is 2. The van der Waals surface area contributed by atoms with Crippen LogP contribution in [0.2, 0.25) is 0 Å². The van der Waals surface area contributed by atoms with Crippen LogP contribution in [0, 0.1) is 0 Å². The molecule has 1 rings (SSSR count). The highest BCUT2D eigenvalue weighted by atomic mass is 16.5. The molecule has 0 fully saturated rings. The molecular formula is C8H8O2. The number of methoxy groups -OCH3 is 1. The predicted molar refractivity (Wildman–Crippen MR) is 38.4 cm³/mol. The first kappa shape index (κ1) is 2.74. The minimum Gasteiger partial charge on any atom is -0.497 e. The molecule has 0 atom stereocenters. The molecule has 1 aromatic rings. The van der Waals surface area contributed by atoms with Gasteiger partial charge in [0, 0.05) is 5.56 Å². The van der Waals surface area contributed by atoms with E-state index in [4.69, 9.17) is 6.85 Å². The van der Waals surface area contributed by atoms with E-state index in [0.29, 0.717) is 0 Å². The highest BCUT2D eigenvalue weighted by Crippen LogP contribution is 2.09. The van der Waals surface area contributed by atoms with Crippen LogP contribution in [0.15, 0.2) is 24.2 Å². The number of hydrogen-bond acceptors (Lipinski definition) is 2. The topological polar surface area (TPSA) is 26.3 Å². The van der Waals surface area contributed by atoms with Crippen LogP contribution in [0.3, 0.4) is 0 Å². The zero-order valence-corrected chi connectivity index (χ0v) is 5.32. The van der Waals surface area contributed by atoms with Gasteiger partial charge in [-0.25, -0.2) is 0 Å². The Labute approximate surface area is 66.5 Å². The van der Waals surface area contributed by atoms with Gasteiger partial charge in [-0.3, -0.25) is 4.79 Å². The Morgan fingerprint density at radius 1 is 1.60 bits per heavy atom. The largest absolute Gasteiger partial charge is 0.497 e. The number of hydrogen-bond donors (Lipinski definition) is 0. The molecule has 1 aromatic carbocycles. The van der Waals surface area contributed by atoms with E-state index in [1.807, 2.05) is 0 Å². The third-order valence-corrected chi connectivity index (χ3v) is 0.908. The normalized spacial score (nSPS) is 15.9. The molecule has 10 heavy (non-hydrogen) atoms. The molecule has 0 aliphatic carbocycles. The second-order valence-electron chi connectivity index (χ2n) is 1.51. The Morgan fingerprint density at radius 3 is 2.60 bits per heavy atom. The van der Waals surface area contributed by atoms with Crippen molar-refractivity contribution in [2.75, 3.05) is 7.11 Å². The van der Waals surface area contributed by atoms with E-state index in [1.165, 1.54) is 7.11 Å². The molecule has 0 unspecified atom stereocenters. The highest BCUT2D eigenvalue weighted by Gasteiger charge is 1.89. The average Bonchev–Trinajstić information content (AvgIpc) is 2.16. The summed E-state index contributed by atoms with van der Waals surface area (Å²) in [6.45, 7) is 0. The molecule has 0 aliphatic heterocycles. The number of carbonyl (C=O) groups is 1. The van der Waals surface area contributed by atoms with Gasteiger partial charge in [-0.05, 0) is 24.2 Å². The van der Waals surface area contributed by atoms with Crippen LogP contribution in [0.4, 0.5) is 0 Å². The first-order valence-electron chi connectivity index (χ1n) is 5.07. The fourth-order valence-electron chi connectivity index (χ4n) is 0.454. The summed E-state index contributed by atoms with van der Waals surface area (Å²) in [5.41, 5.74) is -0.536. The minimum absolute atomic E-state index is 0.227. The molecule has 0 N–H and O–H groups in total. The van der Waals surface area contributed by atoms with E-state index >= 15 is 0 Å². The SMILES string of the molecule is [2H]C(=O)c1c([2H])c([2H])c(OC)c([2H])c1[2H]. The van der Waals surface area contributed by atoms with Crippen LogP contribution in [0.25, 0.3) is 0 Å². The van der Waals surface area contributed by atoms with Gasteiger partial charge < -0.3 is 4.74 Å². The first-order chi connectivity index (χ1) is 6.91. The molecule has 0 heterocycles. The van der Waals surface area contributed by atoms with Crippen LogP contribution in [-0.2, 0) is 0 Å². The molecule has 0 spiro atoms. The minimum atomic E-state index is -1.24. The number of ether oxygens (including phenoxy) is 1. The standard InChI is InChI=1S/C8H8O2/c1-10-8-4-2-7(6-9)3-5-8/h2-6H,1H3/i2D,3D,4D,5D,6D. The van der Waals surface area contributed by atoms with E-state index < -0.39 is 36.0 Å². The van der Waals surface area contributed by atoms with Gasteiger partial charge in [0.05, 0.1) is 12.6 Å². The molecular weight excluding hydrogens is 128 g/mol. The summed E-state index contributed by atoms with van der Waals surface area (Å²) in [6.07, 6.45) is -1.24. The smallest absolute Gasteiger partial charge is 0.150 e. The maximum atomic E-state index is 10.8. The summed E-state index contributed by atoms with van der Waals surface area (Å²) in [7, 11) is 1.21. The van der Waals surface area contributed by atoms with Crippen molar-refractivity contribution in [3.63, 3.8) is 0 Å². The van der Waals surface area contributed by atoms with E-state index in [9.17, 15) is 4.79 Å². The first-order valence-corrected chi connectivity index (χ1v) is 2.57. The van der Waals surface area contributed by atoms with E-state index in [1.54, 1.807) is 0 Å². The van der Waals surface area contributed by atoms with E-state index in [0.717, 1.165) is 0 Å². The van der Waals surface area contributed by atoms with Gasteiger partial charge in [0.2, 0.25) is 0 Å². The van der Waals surface area contributed by atoms with Crippen molar-refractivity contribution < 1.29 is 16.4 Å². The van der Waals surface area contributed by atoms with Gasteiger partial charge in [0.25, 0.3) is 0 Å². The Morgan fingerprint density at radius 2 is 2.20 bits per heavy atom. The molecule has 0 bridgehead atoms. The van der Waals surface area contributed by atoms with Crippen LogP contribution in [-0.4, -0.2) is 13.4 Å². The second-order valence-corrected chi connectivity index (χ2v) is 1.51. The van der Waals surface area contributed by atoms with Gasteiger partial charge in [0.15, 0.2) is 0 Å². The average molecular weight is 141 g/mol.